The van der Waals surface area contributed by atoms with Crippen molar-refractivity contribution in [3.63, 3.8) is 0 Å². The molecule has 0 aliphatic carbocycles. The van der Waals surface area contributed by atoms with Gasteiger partial charge in [-0.1, -0.05) is 0 Å². The van der Waals surface area contributed by atoms with Gasteiger partial charge in [0.2, 0.25) is 10.0 Å². The van der Waals surface area contributed by atoms with E-state index in [-0.39, 0.29) is 13.0 Å². The fraction of sp³-hybridized carbons (Fsp3) is 1.00. The van der Waals surface area contributed by atoms with Crippen LogP contribution in [0.2, 0.25) is 0 Å². The van der Waals surface area contributed by atoms with Gasteiger partial charge < -0.3 is 10.2 Å². The highest BCUT2D eigenvalue weighted by atomic mass is 32.2. The van der Waals surface area contributed by atoms with Crippen LogP contribution in [0.15, 0.2) is 0 Å². The zero-order chi connectivity index (χ0) is 9.57. The van der Waals surface area contributed by atoms with Gasteiger partial charge in [0, 0.05) is 13.0 Å². The van der Waals surface area contributed by atoms with Crippen LogP contribution in [0.25, 0.3) is 0 Å². The summed E-state index contributed by atoms with van der Waals surface area (Å²) in [6, 6.07) is 0. The highest BCUT2D eigenvalue weighted by molar-refractivity contribution is 7.88. The second kappa shape index (κ2) is 2.66. The van der Waals surface area contributed by atoms with Gasteiger partial charge in [-0.2, -0.15) is 4.31 Å². The van der Waals surface area contributed by atoms with Crippen molar-refractivity contribution in [2.24, 2.45) is 0 Å². The fourth-order valence-corrected chi connectivity index (χ4v) is 2.73. The third-order valence-electron chi connectivity index (χ3n) is 1.94. The van der Waals surface area contributed by atoms with E-state index >= 15 is 0 Å². The number of aliphatic hydroxyl groups is 2. The minimum absolute atomic E-state index is 0.0220. The number of nitrogens with zero attached hydrogens (tertiary/aromatic N) is 1. The molecular formula is C6H13NO4S. The summed E-state index contributed by atoms with van der Waals surface area (Å²) < 4.78 is 23.0. The Morgan fingerprint density at radius 1 is 1.58 bits per heavy atom. The Kier molecular flexibility index (Phi) is 2.20. The molecule has 1 saturated heterocycles. The molecule has 0 bridgehead atoms. The predicted octanol–water partition coefficient (Wildman–Crippen LogP) is -1.28. The van der Waals surface area contributed by atoms with Crippen molar-refractivity contribution >= 4 is 10.0 Å². The smallest absolute Gasteiger partial charge is 0.213 e. The van der Waals surface area contributed by atoms with Gasteiger partial charge in [-0.15, -0.1) is 0 Å². The minimum Gasteiger partial charge on any atom is -0.392 e. The van der Waals surface area contributed by atoms with Crippen LogP contribution < -0.4 is 0 Å². The maximum absolute atomic E-state index is 11.0. The van der Waals surface area contributed by atoms with Gasteiger partial charge in [-0.25, -0.2) is 8.42 Å². The van der Waals surface area contributed by atoms with E-state index < -0.39 is 21.9 Å². The summed E-state index contributed by atoms with van der Waals surface area (Å²) in [4.78, 5) is 0. The molecule has 6 heteroatoms. The number of β-amino-alcohol motifs (C(OH)–C–C–N with tert-alkyl or cyclic N) is 1. The summed E-state index contributed by atoms with van der Waals surface area (Å²) in [6.07, 6.45) is 0.314. The average molecular weight is 195 g/mol. The monoisotopic (exact) mass is 195 g/mol. The summed E-state index contributed by atoms with van der Waals surface area (Å²) >= 11 is 0. The summed E-state index contributed by atoms with van der Waals surface area (Å²) in [5, 5.41) is 18.7. The van der Waals surface area contributed by atoms with Crippen molar-refractivity contribution in [1.82, 2.24) is 4.31 Å². The van der Waals surface area contributed by atoms with Crippen LogP contribution in [0.1, 0.15) is 13.3 Å². The van der Waals surface area contributed by atoms with Crippen molar-refractivity contribution in [2.45, 2.75) is 25.2 Å². The molecule has 12 heavy (non-hydrogen) atoms. The number of sulfonamides is 1. The van der Waals surface area contributed by atoms with Crippen molar-refractivity contribution < 1.29 is 18.6 Å². The van der Waals surface area contributed by atoms with Crippen LogP contribution in [0, 0.1) is 0 Å². The molecule has 1 aliphatic rings. The Balaban J connectivity index is 2.94. The van der Waals surface area contributed by atoms with E-state index in [4.69, 9.17) is 5.11 Å². The topological polar surface area (TPSA) is 77.8 Å². The third-order valence-corrected chi connectivity index (χ3v) is 3.28. The second-order valence-corrected chi connectivity index (χ2v) is 5.28. The van der Waals surface area contributed by atoms with Crippen LogP contribution in [0.4, 0.5) is 0 Å². The fourth-order valence-electron chi connectivity index (χ4n) is 1.49. The lowest BCUT2D eigenvalue weighted by Crippen LogP contribution is -2.44. The van der Waals surface area contributed by atoms with Crippen LogP contribution >= 0.6 is 0 Å². The molecule has 0 aromatic heterocycles. The van der Waals surface area contributed by atoms with Gasteiger partial charge in [-0.3, -0.25) is 0 Å². The molecule has 0 spiro atoms. The summed E-state index contributed by atoms with van der Waals surface area (Å²) in [7, 11) is -3.42. The molecule has 0 unspecified atom stereocenters. The summed E-state index contributed by atoms with van der Waals surface area (Å²) in [5.41, 5.74) is -1.44. The highest BCUT2D eigenvalue weighted by Gasteiger charge is 2.44. The van der Waals surface area contributed by atoms with E-state index in [0.717, 1.165) is 10.6 Å². The standard InChI is InChI=1S/C6H13NO4S/c1-6(9)3-5(8)4-7(6)12(2,10)11/h5,8-9H,3-4H2,1-2H3/t5-,6+/m1/s1. The zero-order valence-corrected chi connectivity index (χ0v) is 7.87. The third kappa shape index (κ3) is 1.77. The molecule has 0 aromatic rings. The lowest BCUT2D eigenvalue weighted by molar-refractivity contribution is -0.0193. The molecule has 2 atom stereocenters. The lowest BCUT2D eigenvalue weighted by atomic mass is 10.2. The first-order valence-corrected chi connectivity index (χ1v) is 5.46. The molecule has 5 nitrogen and oxygen atoms in total. The molecule has 0 amide bonds. The summed E-state index contributed by atoms with van der Waals surface area (Å²) in [5.74, 6) is 0. The van der Waals surface area contributed by atoms with Gasteiger partial charge in [0.05, 0.1) is 12.4 Å². The van der Waals surface area contributed by atoms with E-state index in [2.05, 4.69) is 0 Å². The number of hydrogen-bond acceptors (Lipinski definition) is 4. The Labute approximate surface area is 71.7 Å². The van der Waals surface area contributed by atoms with Gasteiger partial charge >= 0.3 is 0 Å². The Bertz CT molecular complexity index is 271. The van der Waals surface area contributed by atoms with Gasteiger partial charge in [0.25, 0.3) is 0 Å². The van der Waals surface area contributed by atoms with Crippen LogP contribution in [0.5, 0.6) is 0 Å². The molecular weight excluding hydrogens is 182 g/mol. The number of hydrogen-bond donors (Lipinski definition) is 2. The lowest BCUT2D eigenvalue weighted by Gasteiger charge is -2.26. The van der Waals surface area contributed by atoms with Gasteiger partial charge in [-0.05, 0) is 6.92 Å². The maximum Gasteiger partial charge on any atom is 0.213 e. The van der Waals surface area contributed by atoms with Crippen LogP contribution in [-0.4, -0.2) is 47.6 Å². The molecule has 0 radical (unpaired) electrons. The zero-order valence-electron chi connectivity index (χ0n) is 7.06. The Morgan fingerprint density at radius 3 is 2.25 bits per heavy atom. The van der Waals surface area contributed by atoms with E-state index in [1.54, 1.807) is 0 Å². The van der Waals surface area contributed by atoms with E-state index in [0.29, 0.717) is 0 Å². The first-order chi connectivity index (χ1) is 5.23. The van der Waals surface area contributed by atoms with Crippen molar-refractivity contribution in [1.29, 1.82) is 0 Å². The van der Waals surface area contributed by atoms with Crippen LogP contribution in [-0.2, 0) is 10.0 Å². The number of aliphatic hydroxyl groups excluding tert-OH is 1. The highest BCUT2D eigenvalue weighted by Crippen LogP contribution is 2.28. The summed E-state index contributed by atoms with van der Waals surface area (Å²) in [6.45, 7) is 1.36. The molecule has 0 aromatic carbocycles. The molecule has 1 rings (SSSR count). The largest absolute Gasteiger partial charge is 0.392 e. The quantitative estimate of drug-likeness (QED) is 0.546. The van der Waals surface area contributed by atoms with Gasteiger partial charge in [0.15, 0.2) is 0 Å². The van der Waals surface area contributed by atoms with Crippen LogP contribution in [0.3, 0.4) is 0 Å². The SMILES string of the molecule is C[C@]1(O)C[C@@H](O)CN1S(C)(=O)=O. The molecule has 0 saturated carbocycles. The Hall–Kier alpha value is -0.170. The first kappa shape index (κ1) is 9.91. The molecule has 1 heterocycles. The van der Waals surface area contributed by atoms with E-state index in [1.165, 1.54) is 6.92 Å². The normalized spacial score (nSPS) is 38.8. The first-order valence-electron chi connectivity index (χ1n) is 3.62. The van der Waals surface area contributed by atoms with E-state index in [9.17, 15) is 13.5 Å². The minimum atomic E-state index is -3.42. The van der Waals surface area contributed by atoms with Gasteiger partial charge in [0.1, 0.15) is 5.72 Å². The predicted molar refractivity (Wildman–Crippen MR) is 42.8 cm³/mol. The number of rotatable bonds is 1. The van der Waals surface area contributed by atoms with Crippen molar-refractivity contribution in [3.8, 4) is 0 Å². The average Bonchev–Trinajstić information content (AvgIpc) is 2.02. The molecule has 1 aliphatic heterocycles. The molecule has 2 N–H and O–H groups in total. The molecule has 1 fully saturated rings. The Morgan fingerprint density at radius 2 is 2.08 bits per heavy atom. The van der Waals surface area contributed by atoms with Crippen molar-refractivity contribution in [3.05, 3.63) is 0 Å². The maximum atomic E-state index is 11.0. The van der Waals surface area contributed by atoms with Crippen molar-refractivity contribution in [2.75, 3.05) is 12.8 Å². The molecule has 72 valence electrons. The van der Waals surface area contributed by atoms with E-state index in [1.807, 2.05) is 0 Å². The second-order valence-electron chi connectivity index (χ2n) is 3.37.